The Labute approximate surface area is 195 Å². The van der Waals surface area contributed by atoms with Crippen LogP contribution in [0.3, 0.4) is 0 Å². The number of hydrogen-bond donors (Lipinski definition) is 1. The van der Waals surface area contributed by atoms with Crippen LogP contribution < -0.4 is 19.8 Å². The minimum absolute atomic E-state index is 0.127. The van der Waals surface area contributed by atoms with Gasteiger partial charge >= 0.3 is 0 Å². The van der Waals surface area contributed by atoms with Crippen LogP contribution in [0.2, 0.25) is 0 Å². The number of anilines is 1. The van der Waals surface area contributed by atoms with E-state index < -0.39 is 27.2 Å². The molecule has 0 saturated heterocycles. The maximum atomic E-state index is 14.8. The number of nitrogens with zero attached hydrogens (tertiary/aromatic N) is 2. The molecule has 2 heterocycles. The Bertz CT molecular complexity index is 1410. The zero-order chi connectivity index (χ0) is 24.5. The molecule has 0 atom stereocenters. The number of aromatic nitrogens is 2. The van der Waals surface area contributed by atoms with Gasteiger partial charge in [-0.05, 0) is 50.5 Å². The van der Waals surface area contributed by atoms with Crippen molar-refractivity contribution >= 4 is 15.7 Å². The molecular formula is C23H23F2N3O5S. The molecule has 0 saturated carbocycles. The van der Waals surface area contributed by atoms with Gasteiger partial charge in [0.05, 0.1) is 17.9 Å². The standard InChI is InChI=1S/C23H23F2N3O5S/c1-3-34(30,31)27-16-7-8-19-17(12-16)22-20(13-21(29)28(2)26-22)32-9-5-4-6-14-10-15(24)11-18(25)23(14)33-19/h7-8,10-13,27H,3-6,9H2,1-2H3. The number of ether oxygens (including phenoxy) is 2. The fraction of sp³-hybridized carbons (Fsp3) is 0.304. The Morgan fingerprint density at radius 2 is 1.91 bits per heavy atom. The molecule has 0 radical (unpaired) electrons. The van der Waals surface area contributed by atoms with Gasteiger partial charge in [-0.3, -0.25) is 9.52 Å². The van der Waals surface area contributed by atoms with Crippen molar-refractivity contribution in [2.24, 2.45) is 7.05 Å². The van der Waals surface area contributed by atoms with Crippen LogP contribution in [0.4, 0.5) is 14.5 Å². The van der Waals surface area contributed by atoms with Crippen LogP contribution in [-0.2, 0) is 23.5 Å². The van der Waals surface area contributed by atoms with Gasteiger partial charge in [-0.1, -0.05) is 0 Å². The third-order valence-electron chi connectivity index (χ3n) is 5.34. The molecule has 34 heavy (non-hydrogen) atoms. The highest BCUT2D eigenvalue weighted by Gasteiger charge is 2.22. The Morgan fingerprint density at radius 3 is 2.68 bits per heavy atom. The summed E-state index contributed by atoms with van der Waals surface area (Å²) in [6.07, 6.45) is 1.46. The number of fused-ring (bicyclic) bond motifs is 4. The molecule has 8 nitrogen and oxygen atoms in total. The molecule has 1 aromatic heterocycles. The average molecular weight is 492 g/mol. The first kappa shape index (κ1) is 23.7. The van der Waals surface area contributed by atoms with Gasteiger partial charge in [0.1, 0.15) is 17.3 Å². The molecule has 0 amide bonds. The molecule has 3 aromatic rings. The van der Waals surface area contributed by atoms with E-state index in [-0.39, 0.29) is 46.6 Å². The summed E-state index contributed by atoms with van der Waals surface area (Å²) in [6, 6.07) is 7.64. The van der Waals surface area contributed by atoms with Crippen LogP contribution in [-0.4, -0.2) is 30.6 Å². The number of nitrogens with one attached hydrogen (secondary N) is 1. The van der Waals surface area contributed by atoms with E-state index in [1.54, 1.807) is 0 Å². The Kier molecular flexibility index (Phi) is 6.56. The molecule has 0 spiro atoms. The molecule has 11 heteroatoms. The van der Waals surface area contributed by atoms with Gasteiger partial charge in [-0.2, -0.15) is 5.10 Å². The first-order valence-electron chi connectivity index (χ1n) is 10.7. The fourth-order valence-corrected chi connectivity index (χ4v) is 4.19. The van der Waals surface area contributed by atoms with Gasteiger partial charge in [-0.25, -0.2) is 21.9 Å². The largest absolute Gasteiger partial charge is 0.491 e. The second-order valence-corrected chi connectivity index (χ2v) is 9.83. The van der Waals surface area contributed by atoms with Gasteiger partial charge in [-0.15, -0.1) is 0 Å². The normalized spacial score (nSPS) is 13.8. The van der Waals surface area contributed by atoms with Crippen molar-refractivity contribution in [3.05, 3.63) is 63.9 Å². The highest BCUT2D eigenvalue weighted by atomic mass is 32.2. The Morgan fingerprint density at radius 1 is 1.12 bits per heavy atom. The average Bonchev–Trinajstić information content (AvgIpc) is 2.77. The quantitative estimate of drug-likeness (QED) is 0.595. The summed E-state index contributed by atoms with van der Waals surface area (Å²) in [4.78, 5) is 12.2. The van der Waals surface area contributed by atoms with E-state index in [9.17, 15) is 22.0 Å². The van der Waals surface area contributed by atoms with Crippen molar-refractivity contribution in [2.75, 3.05) is 17.1 Å². The van der Waals surface area contributed by atoms with Crippen LogP contribution in [0.15, 0.2) is 41.2 Å². The first-order valence-corrected chi connectivity index (χ1v) is 12.3. The van der Waals surface area contributed by atoms with Crippen LogP contribution in [0.1, 0.15) is 25.3 Å². The lowest BCUT2D eigenvalue weighted by atomic mass is 10.1. The van der Waals surface area contributed by atoms with Crippen molar-refractivity contribution in [3.63, 3.8) is 0 Å². The van der Waals surface area contributed by atoms with Crippen LogP contribution in [0.25, 0.3) is 11.3 Å². The summed E-state index contributed by atoms with van der Waals surface area (Å²) in [5.41, 5.74) is 0.644. The Balaban J connectivity index is 1.95. The summed E-state index contributed by atoms with van der Waals surface area (Å²) in [5, 5.41) is 4.30. The fourth-order valence-electron chi connectivity index (χ4n) is 3.56. The highest BCUT2D eigenvalue weighted by molar-refractivity contribution is 7.92. The number of benzene rings is 2. The summed E-state index contributed by atoms with van der Waals surface area (Å²) in [7, 11) is -2.13. The van der Waals surface area contributed by atoms with E-state index in [0.29, 0.717) is 24.8 Å². The van der Waals surface area contributed by atoms with Crippen LogP contribution in [0.5, 0.6) is 17.2 Å². The molecule has 2 aromatic carbocycles. The van der Waals surface area contributed by atoms with E-state index in [2.05, 4.69) is 9.82 Å². The summed E-state index contributed by atoms with van der Waals surface area (Å²) in [6.45, 7) is 1.74. The Hall–Kier alpha value is -3.47. The van der Waals surface area contributed by atoms with Crippen molar-refractivity contribution in [3.8, 4) is 28.5 Å². The van der Waals surface area contributed by atoms with E-state index >= 15 is 0 Å². The SMILES string of the molecule is CCS(=O)(=O)Nc1ccc2c(c1)-c1nn(C)c(=O)cc1OCCCCc1cc(F)cc(F)c1O2. The molecule has 0 fully saturated rings. The zero-order valence-corrected chi connectivity index (χ0v) is 19.4. The van der Waals surface area contributed by atoms with Gasteiger partial charge in [0.15, 0.2) is 17.3 Å². The number of aryl methyl sites for hydroxylation is 2. The van der Waals surface area contributed by atoms with E-state index in [1.165, 1.54) is 44.3 Å². The lowest BCUT2D eigenvalue weighted by molar-refractivity contribution is 0.304. The smallest absolute Gasteiger partial charge is 0.270 e. The maximum absolute atomic E-state index is 14.8. The van der Waals surface area contributed by atoms with Gasteiger partial charge < -0.3 is 9.47 Å². The third kappa shape index (κ3) is 5.04. The maximum Gasteiger partial charge on any atom is 0.270 e. The van der Waals surface area contributed by atoms with Crippen molar-refractivity contribution in [2.45, 2.75) is 26.2 Å². The molecule has 1 N–H and O–H groups in total. The zero-order valence-electron chi connectivity index (χ0n) is 18.6. The molecule has 0 aliphatic carbocycles. The van der Waals surface area contributed by atoms with Crippen molar-refractivity contribution < 1.29 is 26.7 Å². The second kappa shape index (κ2) is 9.41. The predicted molar refractivity (Wildman–Crippen MR) is 123 cm³/mol. The summed E-state index contributed by atoms with van der Waals surface area (Å²) >= 11 is 0. The molecular weight excluding hydrogens is 468 g/mol. The molecule has 180 valence electrons. The highest BCUT2D eigenvalue weighted by Crippen LogP contribution is 2.40. The molecule has 0 unspecified atom stereocenters. The minimum atomic E-state index is -3.59. The van der Waals surface area contributed by atoms with E-state index in [4.69, 9.17) is 9.47 Å². The number of hydrogen-bond acceptors (Lipinski definition) is 6. The molecule has 1 aliphatic rings. The van der Waals surface area contributed by atoms with Gasteiger partial charge in [0, 0.05) is 30.4 Å². The molecule has 4 rings (SSSR count). The number of sulfonamides is 1. The number of halogens is 2. The lowest BCUT2D eigenvalue weighted by Gasteiger charge is -2.19. The topological polar surface area (TPSA) is 99.5 Å². The second-order valence-electron chi connectivity index (χ2n) is 7.82. The van der Waals surface area contributed by atoms with E-state index in [1.807, 2.05) is 0 Å². The summed E-state index contributed by atoms with van der Waals surface area (Å²) < 4.78 is 68.2. The van der Waals surface area contributed by atoms with Crippen molar-refractivity contribution in [1.29, 1.82) is 0 Å². The van der Waals surface area contributed by atoms with E-state index in [0.717, 1.165) is 10.7 Å². The predicted octanol–water partition coefficient (Wildman–Crippen LogP) is 3.99. The first-order chi connectivity index (χ1) is 16.2. The third-order valence-corrected chi connectivity index (χ3v) is 6.65. The summed E-state index contributed by atoms with van der Waals surface area (Å²) in [5.74, 6) is -1.53. The molecule has 1 aliphatic heterocycles. The lowest BCUT2D eigenvalue weighted by Crippen LogP contribution is -2.20. The minimum Gasteiger partial charge on any atom is -0.491 e. The van der Waals surface area contributed by atoms with Crippen LogP contribution >= 0.6 is 0 Å². The monoisotopic (exact) mass is 491 g/mol. The van der Waals surface area contributed by atoms with Crippen molar-refractivity contribution in [1.82, 2.24) is 9.78 Å². The van der Waals surface area contributed by atoms with Gasteiger partial charge in [0.2, 0.25) is 10.0 Å². The molecule has 0 bridgehead atoms. The number of rotatable bonds is 3. The van der Waals surface area contributed by atoms with Gasteiger partial charge in [0.25, 0.3) is 5.56 Å². The van der Waals surface area contributed by atoms with Crippen LogP contribution in [0, 0.1) is 11.6 Å².